The highest BCUT2D eigenvalue weighted by molar-refractivity contribution is 5.62. The molecule has 0 amide bonds. The van der Waals surface area contributed by atoms with Crippen LogP contribution in [0.1, 0.15) is 5.56 Å². The van der Waals surface area contributed by atoms with Crippen LogP contribution in [0.15, 0.2) is 41.5 Å². The van der Waals surface area contributed by atoms with Crippen LogP contribution in [0.2, 0.25) is 0 Å². The first-order chi connectivity index (χ1) is 8.22. The van der Waals surface area contributed by atoms with Crippen molar-refractivity contribution < 1.29 is 0 Å². The normalized spacial score (nSPS) is 10.2. The Bertz CT molecular complexity index is 564. The van der Waals surface area contributed by atoms with Gasteiger partial charge in [0.15, 0.2) is 0 Å². The molecule has 0 unspecified atom stereocenters. The summed E-state index contributed by atoms with van der Waals surface area (Å²) in [5.74, 6) is 0.592. The first-order valence-electron chi connectivity index (χ1n) is 5.29. The van der Waals surface area contributed by atoms with Crippen LogP contribution in [-0.4, -0.2) is 17.0 Å². The van der Waals surface area contributed by atoms with Crippen molar-refractivity contribution in [2.24, 2.45) is 5.73 Å². The van der Waals surface area contributed by atoms with Gasteiger partial charge in [-0.25, -0.2) is 4.98 Å². The maximum atomic E-state index is 11.2. The number of anilines is 2. The molecule has 17 heavy (non-hydrogen) atoms. The predicted octanol–water partition coefficient (Wildman–Crippen LogP) is 0.996. The van der Waals surface area contributed by atoms with Crippen LogP contribution >= 0.6 is 0 Å². The molecule has 5 nitrogen and oxygen atoms in total. The fourth-order valence-electron chi connectivity index (χ4n) is 1.68. The zero-order valence-electron chi connectivity index (χ0n) is 9.55. The van der Waals surface area contributed by atoms with Gasteiger partial charge in [-0.2, -0.15) is 0 Å². The lowest BCUT2D eigenvalue weighted by atomic mass is 10.1. The molecule has 3 N–H and O–H groups in total. The van der Waals surface area contributed by atoms with E-state index < -0.39 is 0 Å². The van der Waals surface area contributed by atoms with Gasteiger partial charge in [0.25, 0.3) is 5.56 Å². The standard InChI is InChI=1S/C12H14N4O/c1-16(11-6-12(17)15-8-14-11)10-5-3-2-4-9(10)7-13/h2-6,8H,7,13H2,1H3,(H,14,15,17). The van der Waals surface area contributed by atoms with E-state index in [4.69, 9.17) is 5.73 Å². The lowest BCUT2D eigenvalue weighted by Gasteiger charge is -2.20. The number of H-pyrrole nitrogens is 1. The topological polar surface area (TPSA) is 75.0 Å². The summed E-state index contributed by atoms with van der Waals surface area (Å²) in [5.41, 5.74) is 7.47. The third-order valence-corrected chi connectivity index (χ3v) is 2.58. The molecule has 0 aliphatic rings. The van der Waals surface area contributed by atoms with E-state index in [0.717, 1.165) is 11.3 Å². The maximum absolute atomic E-state index is 11.2. The third kappa shape index (κ3) is 2.34. The summed E-state index contributed by atoms with van der Waals surface area (Å²) < 4.78 is 0. The van der Waals surface area contributed by atoms with E-state index in [9.17, 15) is 4.79 Å². The molecule has 0 aliphatic heterocycles. The molecule has 2 rings (SSSR count). The van der Waals surface area contributed by atoms with Crippen molar-refractivity contribution in [3.63, 3.8) is 0 Å². The average Bonchev–Trinajstić information content (AvgIpc) is 2.38. The molecule has 88 valence electrons. The summed E-state index contributed by atoms with van der Waals surface area (Å²) in [6.07, 6.45) is 1.39. The minimum absolute atomic E-state index is 0.174. The molecule has 1 aromatic heterocycles. The van der Waals surface area contributed by atoms with Crippen LogP contribution in [-0.2, 0) is 6.54 Å². The second-order valence-corrected chi connectivity index (χ2v) is 3.66. The number of hydrogen-bond donors (Lipinski definition) is 2. The number of aromatic nitrogens is 2. The number of nitrogens with zero attached hydrogens (tertiary/aromatic N) is 2. The zero-order chi connectivity index (χ0) is 12.3. The monoisotopic (exact) mass is 230 g/mol. The summed E-state index contributed by atoms with van der Waals surface area (Å²) in [7, 11) is 1.86. The smallest absolute Gasteiger partial charge is 0.252 e. The first-order valence-corrected chi connectivity index (χ1v) is 5.29. The maximum Gasteiger partial charge on any atom is 0.252 e. The second kappa shape index (κ2) is 4.80. The predicted molar refractivity (Wildman–Crippen MR) is 67.3 cm³/mol. The molecular formula is C12H14N4O. The Morgan fingerprint density at radius 3 is 2.88 bits per heavy atom. The highest BCUT2D eigenvalue weighted by atomic mass is 16.1. The summed E-state index contributed by atoms with van der Waals surface area (Å²) >= 11 is 0. The number of rotatable bonds is 3. The van der Waals surface area contributed by atoms with E-state index >= 15 is 0 Å². The number of nitrogens with two attached hydrogens (primary N) is 1. The van der Waals surface area contributed by atoms with Crippen LogP contribution in [0.4, 0.5) is 11.5 Å². The van der Waals surface area contributed by atoms with E-state index in [1.54, 1.807) is 0 Å². The van der Waals surface area contributed by atoms with Crippen molar-refractivity contribution in [1.82, 2.24) is 9.97 Å². The molecule has 0 atom stereocenters. The quantitative estimate of drug-likeness (QED) is 0.824. The van der Waals surface area contributed by atoms with Gasteiger partial charge in [-0.3, -0.25) is 4.79 Å². The van der Waals surface area contributed by atoms with Gasteiger partial charge in [-0.1, -0.05) is 18.2 Å². The third-order valence-electron chi connectivity index (χ3n) is 2.58. The lowest BCUT2D eigenvalue weighted by Crippen LogP contribution is -2.17. The molecule has 1 aromatic carbocycles. The number of hydrogen-bond acceptors (Lipinski definition) is 4. The minimum Gasteiger partial charge on any atom is -0.329 e. The Balaban J connectivity index is 2.43. The summed E-state index contributed by atoms with van der Waals surface area (Å²) in [6, 6.07) is 9.22. The molecular weight excluding hydrogens is 216 g/mol. The van der Waals surface area contributed by atoms with Gasteiger partial charge in [-0.05, 0) is 11.6 Å². The zero-order valence-corrected chi connectivity index (χ0v) is 9.55. The van der Waals surface area contributed by atoms with E-state index in [1.807, 2.05) is 36.2 Å². The molecule has 1 heterocycles. The lowest BCUT2D eigenvalue weighted by molar-refractivity contribution is 1.01. The Labute approximate surface area is 98.9 Å². The van der Waals surface area contributed by atoms with Crippen molar-refractivity contribution in [3.05, 3.63) is 52.6 Å². The van der Waals surface area contributed by atoms with Gasteiger partial charge in [0.2, 0.25) is 0 Å². The molecule has 0 aliphatic carbocycles. The Kier molecular flexibility index (Phi) is 3.20. The fraction of sp³-hybridized carbons (Fsp3) is 0.167. The Morgan fingerprint density at radius 2 is 2.18 bits per heavy atom. The van der Waals surface area contributed by atoms with Crippen LogP contribution in [0.3, 0.4) is 0 Å². The molecule has 0 spiro atoms. The van der Waals surface area contributed by atoms with Crippen molar-refractivity contribution in [2.75, 3.05) is 11.9 Å². The van der Waals surface area contributed by atoms with Gasteiger partial charge in [0, 0.05) is 25.3 Å². The van der Waals surface area contributed by atoms with Crippen molar-refractivity contribution >= 4 is 11.5 Å². The highest BCUT2D eigenvalue weighted by Crippen LogP contribution is 2.23. The van der Waals surface area contributed by atoms with Gasteiger partial charge in [0.1, 0.15) is 5.82 Å². The van der Waals surface area contributed by atoms with Gasteiger partial charge in [0.05, 0.1) is 6.33 Å². The van der Waals surface area contributed by atoms with Gasteiger partial charge < -0.3 is 15.6 Å². The second-order valence-electron chi connectivity index (χ2n) is 3.66. The SMILES string of the molecule is CN(c1cc(=O)[nH]cn1)c1ccccc1CN. The van der Waals surface area contributed by atoms with Crippen LogP contribution in [0.25, 0.3) is 0 Å². The van der Waals surface area contributed by atoms with Crippen LogP contribution in [0, 0.1) is 0 Å². The largest absolute Gasteiger partial charge is 0.329 e. The van der Waals surface area contributed by atoms with Gasteiger partial charge >= 0.3 is 0 Å². The van der Waals surface area contributed by atoms with Gasteiger partial charge in [-0.15, -0.1) is 0 Å². The number of para-hydroxylation sites is 1. The minimum atomic E-state index is -0.174. The Morgan fingerprint density at radius 1 is 1.41 bits per heavy atom. The van der Waals surface area contributed by atoms with Crippen molar-refractivity contribution in [3.8, 4) is 0 Å². The van der Waals surface area contributed by atoms with E-state index in [1.165, 1.54) is 12.4 Å². The number of benzene rings is 1. The average molecular weight is 230 g/mol. The van der Waals surface area contributed by atoms with Crippen molar-refractivity contribution in [1.29, 1.82) is 0 Å². The Hall–Kier alpha value is -2.14. The molecule has 0 saturated carbocycles. The molecule has 0 bridgehead atoms. The fourth-order valence-corrected chi connectivity index (χ4v) is 1.68. The molecule has 0 radical (unpaired) electrons. The van der Waals surface area contributed by atoms with Crippen LogP contribution < -0.4 is 16.2 Å². The summed E-state index contributed by atoms with van der Waals surface area (Å²) in [6.45, 7) is 0.448. The molecule has 0 saturated heterocycles. The van der Waals surface area contributed by atoms with Crippen molar-refractivity contribution in [2.45, 2.75) is 6.54 Å². The van der Waals surface area contributed by atoms with E-state index in [0.29, 0.717) is 12.4 Å². The molecule has 2 aromatic rings. The van der Waals surface area contributed by atoms with E-state index in [-0.39, 0.29) is 5.56 Å². The number of aromatic amines is 1. The van der Waals surface area contributed by atoms with E-state index in [2.05, 4.69) is 9.97 Å². The summed E-state index contributed by atoms with van der Waals surface area (Å²) in [5, 5.41) is 0. The summed E-state index contributed by atoms with van der Waals surface area (Å²) in [4.78, 5) is 19.7. The van der Waals surface area contributed by atoms with Crippen LogP contribution in [0.5, 0.6) is 0 Å². The molecule has 5 heteroatoms. The molecule has 0 fully saturated rings. The number of nitrogens with one attached hydrogen (secondary N) is 1. The first kappa shape index (κ1) is 11.3. The highest BCUT2D eigenvalue weighted by Gasteiger charge is 2.08.